The molecule has 1 aliphatic heterocycles. The Morgan fingerprint density at radius 1 is 1.04 bits per heavy atom. The highest BCUT2D eigenvalue weighted by Gasteiger charge is 2.25. The summed E-state index contributed by atoms with van der Waals surface area (Å²) in [6.45, 7) is 7.99. The van der Waals surface area contributed by atoms with Gasteiger partial charge in [-0.1, -0.05) is 42.0 Å². The topological polar surface area (TPSA) is 71.3 Å². The second-order valence-corrected chi connectivity index (χ2v) is 7.19. The van der Waals surface area contributed by atoms with Gasteiger partial charge in [0, 0.05) is 17.4 Å². The van der Waals surface area contributed by atoms with Crippen molar-refractivity contribution in [2.45, 2.75) is 33.9 Å². The van der Waals surface area contributed by atoms with Crippen LogP contribution >= 0.6 is 0 Å². The van der Waals surface area contributed by atoms with Crippen LogP contribution in [-0.4, -0.2) is 15.5 Å². The average Bonchev–Trinajstić information content (AvgIpc) is 2.65. The second-order valence-electron chi connectivity index (χ2n) is 7.19. The van der Waals surface area contributed by atoms with Crippen LogP contribution in [0.1, 0.15) is 34.1 Å². The Morgan fingerprint density at radius 3 is 2.54 bits per heavy atom. The third-order valence-electron chi connectivity index (χ3n) is 5.04. The quantitative estimate of drug-likeness (QED) is 0.714. The number of hydrogen-bond acceptors (Lipinski definition) is 5. The van der Waals surface area contributed by atoms with E-state index in [-0.39, 0.29) is 5.56 Å². The molecule has 1 unspecified atom stereocenters. The van der Waals surface area contributed by atoms with E-state index in [0.29, 0.717) is 17.6 Å². The summed E-state index contributed by atoms with van der Waals surface area (Å²) < 4.78 is 1.59. The molecule has 0 saturated heterocycles. The second kappa shape index (κ2) is 6.96. The lowest BCUT2D eigenvalue weighted by Gasteiger charge is -2.27. The Balaban J connectivity index is 1.81. The Bertz CT molecular complexity index is 1130. The predicted octanol–water partition coefficient (Wildman–Crippen LogP) is 3.92. The van der Waals surface area contributed by atoms with Crippen LogP contribution in [0.4, 0.5) is 11.6 Å². The van der Waals surface area contributed by atoms with Crippen LogP contribution in [-0.2, 0) is 0 Å². The van der Waals surface area contributed by atoms with Gasteiger partial charge >= 0.3 is 0 Å². The van der Waals surface area contributed by atoms with Crippen LogP contribution < -0.4 is 16.2 Å². The molecule has 6 heteroatoms. The van der Waals surface area contributed by atoms with Gasteiger partial charge in [0.05, 0.1) is 0 Å². The molecule has 0 spiro atoms. The van der Waals surface area contributed by atoms with Gasteiger partial charge in [-0.3, -0.25) is 14.7 Å². The first-order valence-corrected chi connectivity index (χ1v) is 9.27. The Morgan fingerprint density at radius 2 is 1.79 bits per heavy atom. The molecule has 0 saturated carbocycles. The number of guanidine groups is 1. The summed E-state index contributed by atoms with van der Waals surface area (Å²) in [6, 6.07) is 15.7. The highest BCUT2D eigenvalue weighted by molar-refractivity contribution is 6.04. The number of fused-ring (bicyclic) bond motifs is 1. The van der Waals surface area contributed by atoms with Crippen LogP contribution in [0, 0.1) is 27.7 Å². The molecule has 2 aromatic carbocycles. The molecule has 2 N–H and O–H groups in total. The fourth-order valence-corrected chi connectivity index (χ4v) is 3.29. The van der Waals surface area contributed by atoms with Crippen molar-refractivity contribution >= 4 is 17.6 Å². The molecular formula is C22H23N5O. The number of nitrogens with zero attached hydrogens (tertiary/aromatic N) is 3. The number of nitrogens with one attached hydrogen (secondary N) is 2. The summed E-state index contributed by atoms with van der Waals surface area (Å²) in [5, 5.41) is 6.54. The average molecular weight is 373 g/mol. The van der Waals surface area contributed by atoms with E-state index in [2.05, 4.69) is 35.5 Å². The van der Waals surface area contributed by atoms with Crippen molar-refractivity contribution in [1.82, 2.24) is 9.55 Å². The summed E-state index contributed by atoms with van der Waals surface area (Å²) in [5.41, 5.74) is 5.94. The molecule has 6 nitrogen and oxygen atoms in total. The minimum absolute atomic E-state index is 0.130. The molecule has 0 radical (unpaired) electrons. The van der Waals surface area contributed by atoms with Crippen LogP contribution in [0.25, 0.3) is 0 Å². The number of aliphatic imine (C=N–C) groups is 1. The predicted molar refractivity (Wildman–Crippen MR) is 113 cm³/mol. The van der Waals surface area contributed by atoms with E-state index >= 15 is 0 Å². The summed E-state index contributed by atoms with van der Waals surface area (Å²) in [5.74, 6) is 1.05. The lowest BCUT2D eigenvalue weighted by molar-refractivity contribution is 0.577. The van der Waals surface area contributed by atoms with E-state index in [1.54, 1.807) is 4.57 Å². The molecule has 0 aliphatic carbocycles. The fraction of sp³-hybridized carbons (Fsp3) is 0.227. The third-order valence-corrected chi connectivity index (χ3v) is 5.04. The van der Waals surface area contributed by atoms with E-state index < -0.39 is 6.17 Å². The number of benzene rings is 2. The maximum Gasteiger partial charge on any atom is 0.257 e. The van der Waals surface area contributed by atoms with Gasteiger partial charge < -0.3 is 5.32 Å². The standard InChI is InChI=1S/C22H23N5O/c1-13-8-10-17(11-9-13)20-25-21(24-18-7-5-6-14(2)16(18)4)26-22-23-15(3)12-19(28)27(20)22/h5-12,20H,1-4H3,(H2,23,24,25,26). The van der Waals surface area contributed by atoms with Gasteiger partial charge in [-0.15, -0.1) is 0 Å². The zero-order chi connectivity index (χ0) is 19.8. The molecule has 0 fully saturated rings. The number of aromatic nitrogens is 2. The molecule has 1 atom stereocenters. The number of hydrogen-bond donors (Lipinski definition) is 2. The Hall–Kier alpha value is -3.41. The van der Waals surface area contributed by atoms with Gasteiger partial charge in [0.25, 0.3) is 5.56 Å². The molecule has 1 aliphatic rings. The van der Waals surface area contributed by atoms with Crippen LogP contribution in [0.2, 0.25) is 0 Å². The van der Waals surface area contributed by atoms with Gasteiger partial charge in [-0.2, -0.15) is 0 Å². The zero-order valence-corrected chi connectivity index (χ0v) is 16.4. The first-order chi connectivity index (χ1) is 13.4. The van der Waals surface area contributed by atoms with E-state index in [4.69, 9.17) is 4.99 Å². The van der Waals surface area contributed by atoms with Gasteiger partial charge in [0.15, 0.2) is 6.17 Å². The van der Waals surface area contributed by atoms with E-state index in [1.807, 2.05) is 50.2 Å². The normalized spacial score (nSPS) is 15.4. The molecular weight excluding hydrogens is 350 g/mol. The van der Waals surface area contributed by atoms with Gasteiger partial charge in [-0.05, 0) is 50.5 Å². The van der Waals surface area contributed by atoms with Crippen molar-refractivity contribution in [3.63, 3.8) is 0 Å². The Kier molecular flexibility index (Phi) is 4.47. The first-order valence-electron chi connectivity index (χ1n) is 9.27. The highest BCUT2D eigenvalue weighted by Crippen LogP contribution is 2.27. The van der Waals surface area contributed by atoms with Crippen LogP contribution in [0.15, 0.2) is 58.3 Å². The molecule has 2 heterocycles. The van der Waals surface area contributed by atoms with Crippen molar-refractivity contribution in [3.8, 4) is 0 Å². The number of rotatable bonds is 2. The summed E-state index contributed by atoms with van der Waals surface area (Å²) >= 11 is 0. The van der Waals surface area contributed by atoms with E-state index in [9.17, 15) is 4.79 Å². The fourth-order valence-electron chi connectivity index (χ4n) is 3.29. The third kappa shape index (κ3) is 3.29. The molecule has 28 heavy (non-hydrogen) atoms. The SMILES string of the molecule is Cc1ccc(C2N=C(Nc3cccc(C)c3C)Nc3nc(C)cc(=O)n32)cc1. The molecule has 4 rings (SSSR count). The maximum absolute atomic E-state index is 12.7. The molecule has 1 aromatic heterocycles. The van der Waals surface area contributed by atoms with Crippen LogP contribution in [0.3, 0.4) is 0 Å². The largest absolute Gasteiger partial charge is 0.326 e. The maximum atomic E-state index is 12.7. The first kappa shape index (κ1) is 18.0. The molecule has 0 amide bonds. The van der Waals surface area contributed by atoms with Gasteiger partial charge in [-0.25, -0.2) is 9.98 Å². The summed E-state index contributed by atoms with van der Waals surface area (Å²) in [7, 11) is 0. The van der Waals surface area contributed by atoms with Gasteiger partial charge in [0.2, 0.25) is 11.9 Å². The summed E-state index contributed by atoms with van der Waals surface area (Å²) in [6.07, 6.45) is -0.481. The smallest absolute Gasteiger partial charge is 0.257 e. The minimum Gasteiger partial charge on any atom is -0.326 e. The lowest BCUT2D eigenvalue weighted by atomic mass is 10.1. The summed E-state index contributed by atoms with van der Waals surface area (Å²) in [4.78, 5) is 22.0. The van der Waals surface area contributed by atoms with Gasteiger partial charge in [0.1, 0.15) is 0 Å². The number of aryl methyl sites for hydroxylation is 3. The molecule has 0 bridgehead atoms. The van der Waals surface area contributed by atoms with E-state index in [0.717, 1.165) is 22.4 Å². The van der Waals surface area contributed by atoms with Crippen molar-refractivity contribution in [3.05, 3.63) is 86.8 Å². The molecule has 3 aromatic rings. The van der Waals surface area contributed by atoms with E-state index in [1.165, 1.54) is 11.6 Å². The van der Waals surface area contributed by atoms with Crippen molar-refractivity contribution in [2.24, 2.45) is 4.99 Å². The van der Waals surface area contributed by atoms with Crippen molar-refractivity contribution in [1.29, 1.82) is 0 Å². The minimum atomic E-state index is -0.481. The lowest BCUT2D eigenvalue weighted by Crippen LogP contribution is -2.37. The monoisotopic (exact) mass is 373 g/mol. The zero-order valence-electron chi connectivity index (χ0n) is 16.4. The van der Waals surface area contributed by atoms with Crippen molar-refractivity contribution in [2.75, 3.05) is 10.6 Å². The Labute approximate surface area is 164 Å². The molecule has 142 valence electrons. The number of anilines is 2. The highest BCUT2D eigenvalue weighted by atomic mass is 16.1. The van der Waals surface area contributed by atoms with Crippen molar-refractivity contribution < 1.29 is 0 Å². The van der Waals surface area contributed by atoms with Crippen LogP contribution in [0.5, 0.6) is 0 Å².